The molecule has 2 aromatic carbocycles. The van der Waals surface area contributed by atoms with Crippen molar-refractivity contribution in [3.05, 3.63) is 85.6 Å². The molecule has 2 heterocycles. The Morgan fingerprint density at radius 3 is 2.47 bits per heavy atom. The Hall–Kier alpha value is -2.25. The Bertz CT molecular complexity index is 1170. The Balaban J connectivity index is 1.57. The number of nitrogens with zero attached hydrogens (tertiary/aromatic N) is 1. The van der Waals surface area contributed by atoms with Gasteiger partial charge in [-0.15, -0.1) is 0 Å². The SMILES string of the molecule is O=C1S/C(=C\c2ccc(-c3cc(Cl)cc(Cl)c3)o2)C(=O)N1Cc1c(F)cccc1Cl. The lowest BCUT2D eigenvalue weighted by atomic mass is 10.2. The van der Waals surface area contributed by atoms with Crippen LogP contribution in [0.25, 0.3) is 17.4 Å². The van der Waals surface area contributed by atoms with Gasteiger partial charge in [0, 0.05) is 32.3 Å². The highest BCUT2D eigenvalue weighted by Crippen LogP contribution is 2.36. The van der Waals surface area contributed by atoms with Crippen molar-refractivity contribution < 1.29 is 18.4 Å². The largest absolute Gasteiger partial charge is 0.457 e. The van der Waals surface area contributed by atoms with E-state index in [1.54, 1.807) is 30.3 Å². The number of thioether (sulfide) groups is 1. The summed E-state index contributed by atoms with van der Waals surface area (Å²) in [7, 11) is 0. The number of furan rings is 1. The van der Waals surface area contributed by atoms with Gasteiger partial charge in [-0.05, 0) is 54.2 Å². The molecule has 0 saturated carbocycles. The molecule has 3 aromatic rings. The maximum Gasteiger partial charge on any atom is 0.293 e. The molecule has 30 heavy (non-hydrogen) atoms. The highest BCUT2D eigenvalue weighted by atomic mass is 35.5. The number of hydrogen-bond donors (Lipinski definition) is 0. The van der Waals surface area contributed by atoms with E-state index in [2.05, 4.69) is 0 Å². The molecule has 4 rings (SSSR count). The smallest absolute Gasteiger partial charge is 0.293 e. The molecule has 0 aliphatic carbocycles. The molecule has 0 atom stereocenters. The number of hydrogen-bond acceptors (Lipinski definition) is 4. The lowest BCUT2D eigenvalue weighted by molar-refractivity contribution is -0.123. The van der Waals surface area contributed by atoms with Crippen molar-refractivity contribution in [1.82, 2.24) is 4.90 Å². The second-order valence-electron chi connectivity index (χ2n) is 6.33. The lowest BCUT2D eigenvalue weighted by Crippen LogP contribution is -2.28. The van der Waals surface area contributed by atoms with Gasteiger partial charge in [-0.25, -0.2) is 4.39 Å². The van der Waals surface area contributed by atoms with Gasteiger partial charge in [0.05, 0.1) is 11.4 Å². The van der Waals surface area contributed by atoms with E-state index in [9.17, 15) is 14.0 Å². The highest BCUT2D eigenvalue weighted by molar-refractivity contribution is 8.18. The van der Waals surface area contributed by atoms with E-state index in [0.29, 0.717) is 27.1 Å². The Labute approximate surface area is 190 Å². The zero-order valence-electron chi connectivity index (χ0n) is 15.0. The monoisotopic (exact) mass is 481 g/mol. The molecule has 0 unspecified atom stereocenters. The number of halogens is 4. The fraction of sp³-hybridized carbons (Fsp3) is 0.0476. The fourth-order valence-electron chi connectivity index (χ4n) is 2.89. The van der Waals surface area contributed by atoms with E-state index in [4.69, 9.17) is 39.2 Å². The molecule has 0 spiro atoms. The number of benzene rings is 2. The summed E-state index contributed by atoms with van der Waals surface area (Å²) in [5.41, 5.74) is 0.760. The summed E-state index contributed by atoms with van der Waals surface area (Å²) in [6.45, 7) is -0.252. The van der Waals surface area contributed by atoms with Crippen LogP contribution >= 0.6 is 46.6 Å². The minimum atomic E-state index is -0.582. The third kappa shape index (κ3) is 4.27. The fourth-order valence-corrected chi connectivity index (χ4v) is 4.46. The Kier molecular flexibility index (Phi) is 5.93. The van der Waals surface area contributed by atoms with Gasteiger partial charge in [0.15, 0.2) is 0 Å². The predicted octanol–water partition coefficient (Wildman–Crippen LogP) is 7.28. The van der Waals surface area contributed by atoms with Gasteiger partial charge in [0.2, 0.25) is 0 Å². The van der Waals surface area contributed by atoms with Crippen LogP contribution in [0, 0.1) is 5.82 Å². The second kappa shape index (κ2) is 8.47. The van der Waals surface area contributed by atoms with Crippen molar-refractivity contribution in [2.24, 2.45) is 0 Å². The quantitative estimate of drug-likeness (QED) is 0.367. The Morgan fingerprint density at radius 2 is 1.77 bits per heavy atom. The number of amides is 2. The lowest BCUT2D eigenvalue weighted by Gasteiger charge is -2.14. The third-order valence-corrected chi connectivity index (χ3v) is 6.00. The number of carbonyl (C=O) groups excluding carboxylic acids is 2. The van der Waals surface area contributed by atoms with Crippen LogP contribution in [0.1, 0.15) is 11.3 Å². The first-order valence-electron chi connectivity index (χ1n) is 8.56. The van der Waals surface area contributed by atoms with Crippen molar-refractivity contribution in [3.8, 4) is 11.3 Å². The van der Waals surface area contributed by atoms with Gasteiger partial charge >= 0.3 is 0 Å². The predicted molar refractivity (Wildman–Crippen MR) is 117 cm³/mol. The topological polar surface area (TPSA) is 50.5 Å². The molecular formula is C21H11Cl3FNO3S. The summed E-state index contributed by atoms with van der Waals surface area (Å²) in [4.78, 5) is 26.1. The molecule has 2 amide bonds. The molecule has 4 nitrogen and oxygen atoms in total. The van der Waals surface area contributed by atoms with Crippen LogP contribution < -0.4 is 0 Å². The van der Waals surface area contributed by atoms with Gasteiger partial charge < -0.3 is 4.42 Å². The number of imide groups is 1. The first-order valence-corrected chi connectivity index (χ1v) is 10.5. The highest BCUT2D eigenvalue weighted by Gasteiger charge is 2.36. The van der Waals surface area contributed by atoms with Crippen LogP contribution in [-0.4, -0.2) is 16.0 Å². The molecular weight excluding hydrogens is 472 g/mol. The second-order valence-corrected chi connectivity index (χ2v) is 8.60. The van der Waals surface area contributed by atoms with E-state index >= 15 is 0 Å². The molecule has 1 aliphatic rings. The molecule has 1 saturated heterocycles. The van der Waals surface area contributed by atoms with Crippen LogP contribution in [0.4, 0.5) is 9.18 Å². The average Bonchev–Trinajstić information content (AvgIpc) is 3.24. The van der Waals surface area contributed by atoms with Crippen LogP contribution in [-0.2, 0) is 11.3 Å². The van der Waals surface area contributed by atoms with Gasteiger partial charge in [0.1, 0.15) is 17.3 Å². The van der Waals surface area contributed by atoms with Crippen LogP contribution in [0.2, 0.25) is 15.1 Å². The molecule has 1 aromatic heterocycles. The van der Waals surface area contributed by atoms with Gasteiger partial charge in [0.25, 0.3) is 11.1 Å². The van der Waals surface area contributed by atoms with Crippen molar-refractivity contribution in [2.45, 2.75) is 6.54 Å². The maximum absolute atomic E-state index is 14.0. The molecule has 9 heteroatoms. The minimum Gasteiger partial charge on any atom is -0.457 e. The van der Waals surface area contributed by atoms with Crippen LogP contribution in [0.15, 0.2) is 57.9 Å². The van der Waals surface area contributed by atoms with E-state index in [1.165, 1.54) is 24.3 Å². The normalized spacial score (nSPS) is 15.5. The summed E-state index contributed by atoms with van der Waals surface area (Å²) in [5.74, 6) is -0.256. The minimum absolute atomic E-state index is 0.0841. The summed E-state index contributed by atoms with van der Waals surface area (Å²) in [6.07, 6.45) is 1.46. The molecule has 1 fully saturated rings. The zero-order valence-corrected chi connectivity index (χ0v) is 18.1. The molecule has 152 valence electrons. The third-order valence-electron chi connectivity index (χ3n) is 4.30. The number of carbonyl (C=O) groups is 2. The molecule has 0 N–H and O–H groups in total. The summed E-state index contributed by atoms with van der Waals surface area (Å²) < 4.78 is 19.8. The van der Waals surface area contributed by atoms with E-state index in [-0.39, 0.29) is 22.0 Å². The molecule has 1 aliphatic heterocycles. The van der Waals surface area contributed by atoms with Crippen LogP contribution in [0.5, 0.6) is 0 Å². The standard InChI is InChI=1S/C21H11Cl3FNO3S/c22-12-6-11(7-13(23)8-12)18-5-4-14(29-18)9-19-20(27)26(21(28)30-19)10-15-16(24)2-1-3-17(15)25/h1-9H,10H2/b19-9-. The summed E-state index contributed by atoms with van der Waals surface area (Å²) >= 11 is 18.8. The van der Waals surface area contributed by atoms with E-state index < -0.39 is 17.0 Å². The van der Waals surface area contributed by atoms with E-state index in [0.717, 1.165) is 16.7 Å². The van der Waals surface area contributed by atoms with Crippen molar-refractivity contribution in [1.29, 1.82) is 0 Å². The van der Waals surface area contributed by atoms with Crippen molar-refractivity contribution >= 4 is 63.8 Å². The van der Waals surface area contributed by atoms with Crippen LogP contribution in [0.3, 0.4) is 0 Å². The summed E-state index contributed by atoms with van der Waals surface area (Å²) in [5, 5.41) is 0.555. The van der Waals surface area contributed by atoms with Gasteiger partial charge in [-0.3, -0.25) is 14.5 Å². The first kappa shape index (κ1) is 21.0. The first-order chi connectivity index (χ1) is 14.3. The number of rotatable bonds is 4. The van der Waals surface area contributed by atoms with Gasteiger partial charge in [-0.1, -0.05) is 40.9 Å². The van der Waals surface area contributed by atoms with E-state index in [1.807, 2.05) is 0 Å². The molecule has 0 bridgehead atoms. The van der Waals surface area contributed by atoms with Gasteiger partial charge in [-0.2, -0.15) is 0 Å². The Morgan fingerprint density at radius 1 is 1.03 bits per heavy atom. The maximum atomic E-state index is 14.0. The average molecular weight is 483 g/mol. The van der Waals surface area contributed by atoms with Crippen molar-refractivity contribution in [2.75, 3.05) is 0 Å². The van der Waals surface area contributed by atoms with Crippen molar-refractivity contribution in [3.63, 3.8) is 0 Å². The molecule has 0 radical (unpaired) electrons. The summed E-state index contributed by atoms with van der Waals surface area (Å²) in [6, 6.07) is 12.5. The zero-order chi connectivity index (χ0) is 21.4.